The number of rotatable bonds is 3. The van der Waals surface area contributed by atoms with E-state index in [9.17, 15) is 9.50 Å². The number of aliphatic hydroxyl groups excluding tert-OH is 1. The van der Waals surface area contributed by atoms with Gasteiger partial charge in [-0.05, 0) is 47.6 Å². The van der Waals surface area contributed by atoms with Crippen LogP contribution in [0.15, 0.2) is 36.4 Å². The van der Waals surface area contributed by atoms with Crippen LogP contribution in [-0.4, -0.2) is 5.11 Å². The van der Waals surface area contributed by atoms with Gasteiger partial charge in [0.1, 0.15) is 5.82 Å². The maximum atomic E-state index is 13.9. The van der Waals surface area contributed by atoms with Crippen molar-refractivity contribution in [2.45, 2.75) is 31.8 Å². The summed E-state index contributed by atoms with van der Waals surface area (Å²) < 4.78 is 13.9. The van der Waals surface area contributed by atoms with Gasteiger partial charge in [0, 0.05) is 6.42 Å². The molecule has 1 atom stereocenters. The number of aryl methyl sites for hydroxylation is 2. The van der Waals surface area contributed by atoms with Crippen LogP contribution >= 0.6 is 11.6 Å². The van der Waals surface area contributed by atoms with E-state index < -0.39 is 11.9 Å². The fraction of sp³-hybridized carbons (Fsp3) is 0.294. The molecule has 0 heterocycles. The van der Waals surface area contributed by atoms with Gasteiger partial charge in [0.25, 0.3) is 0 Å². The van der Waals surface area contributed by atoms with E-state index in [0.29, 0.717) is 5.56 Å². The fourth-order valence-electron chi connectivity index (χ4n) is 2.83. The number of hydrogen-bond acceptors (Lipinski definition) is 1. The first kappa shape index (κ1) is 13.6. The molecule has 0 bridgehead atoms. The minimum atomic E-state index is -0.700. The highest BCUT2D eigenvalue weighted by atomic mass is 35.5. The standard InChI is InChI=1S/C17H16ClFO/c18-15-6-2-5-14(17(15)19)10-16(20)13-8-7-11-3-1-4-12(11)9-13/h2,5-9,16,20H,1,3-4,10H2. The predicted octanol–water partition coefficient (Wildman–Crippen LogP) is 4.24. The highest BCUT2D eigenvalue weighted by Crippen LogP contribution is 2.28. The smallest absolute Gasteiger partial charge is 0.145 e. The first-order chi connectivity index (χ1) is 9.65. The third-order valence-electron chi connectivity index (χ3n) is 3.95. The van der Waals surface area contributed by atoms with E-state index in [2.05, 4.69) is 12.1 Å². The first-order valence-electron chi connectivity index (χ1n) is 6.88. The van der Waals surface area contributed by atoms with Gasteiger partial charge in [0.05, 0.1) is 11.1 Å². The number of halogens is 2. The Balaban J connectivity index is 1.82. The molecule has 0 aliphatic heterocycles. The molecule has 0 amide bonds. The molecule has 1 aliphatic rings. The summed E-state index contributed by atoms with van der Waals surface area (Å²) in [5.41, 5.74) is 3.98. The molecule has 1 aliphatic carbocycles. The molecular weight excluding hydrogens is 275 g/mol. The summed E-state index contributed by atoms with van der Waals surface area (Å²) in [6, 6.07) is 11.0. The van der Waals surface area contributed by atoms with Crippen molar-refractivity contribution in [2.75, 3.05) is 0 Å². The van der Waals surface area contributed by atoms with Crippen LogP contribution < -0.4 is 0 Å². The fourth-order valence-corrected chi connectivity index (χ4v) is 3.03. The molecule has 0 saturated heterocycles. The lowest BCUT2D eigenvalue weighted by Gasteiger charge is -2.13. The Morgan fingerprint density at radius 1 is 1.15 bits per heavy atom. The predicted molar refractivity (Wildman–Crippen MR) is 78.5 cm³/mol. The summed E-state index contributed by atoms with van der Waals surface area (Å²) in [6.07, 6.45) is 2.91. The van der Waals surface area contributed by atoms with Crippen LogP contribution in [0.4, 0.5) is 4.39 Å². The van der Waals surface area contributed by atoms with Crippen LogP contribution in [0, 0.1) is 5.82 Å². The SMILES string of the molecule is OC(Cc1cccc(Cl)c1F)c1ccc2c(c1)CCC2. The maximum Gasteiger partial charge on any atom is 0.145 e. The molecule has 0 spiro atoms. The second-order valence-electron chi connectivity index (χ2n) is 5.31. The van der Waals surface area contributed by atoms with Crippen molar-refractivity contribution in [3.8, 4) is 0 Å². The summed E-state index contributed by atoms with van der Waals surface area (Å²) in [7, 11) is 0. The molecule has 3 heteroatoms. The monoisotopic (exact) mass is 290 g/mol. The molecule has 1 unspecified atom stereocenters. The van der Waals surface area contributed by atoms with E-state index in [1.165, 1.54) is 23.6 Å². The lowest BCUT2D eigenvalue weighted by Crippen LogP contribution is -2.04. The zero-order chi connectivity index (χ0) is 14.1. The average Bonchev–Trinajstić information content (AvgIpc) is 2.91. The first-order valence-corrected chi connectivity index (χ1v) is 7.25. The minimum Gasteiger partial charge on any atom is -0.388 e. The summed E-state index contributed by atoms with van der Waals surface area (Å²) in [5, 5.41) is 10.4. The molecule has 1 N–H and O–H groups in total. The van der Waals surface area contributed by atoms with Crippen LogP contribution in [0.3, 0.4) is 0 Å². The molecule has 1 nitrogen and oxygen atoms in total. The van der Waals surface area contributed by atoms with Crippen molar-refractivity contribution in [3.05, 3.63) is 69.5 Å². The van der Waals surface area contributed by atoms with E-state index in [-0.39, 0.29) is 11.4 Å². The zero-order valence-corrected chi connectivity index (χ0v) is 11.8. The number of hydrogen-bond donors (Lipinski definition) is 1. The van der Waals surface area contributed by atoms with Crippen molar-refractivity contribution in [2.24, 2.45) is 0 Å². The van der Waals surface area contributed by atoms with E-state index >= 15 is 0 Å². The van der Waals surface area contributed by atoms with Crippen LogP contribution in [0.2, 0.25) is 5.02 Å². The van der Waals surface area contributed by atoms with Gasteiger partial charge in [0.2, 0.25) is 0 Å². The Bertz CT molecular complexity index is 639. The van der Waals surface area contributed by atoms with Crippen molar-refractivity contribution in [1.29, 1.82) is 0 Å². The average molecular weight is 291 g/mol. The second-order valence-corrected chi connectivity index (χ2v) is 5.72. The molecule has 20 heavy (non-hydrogen) atoms. The molecule has 0 saturated carbocycles. The summed E-state index contributed by atoms with van der Waals surface area (Å²) in [5.74, 6) is -0.436. The van der Waals surface area contributed by atoms with Gasteiger partial charge in [-0.25, -0.2) is 4.39 Å². The van der Waals surface area contributed by atoms with Crippen LogP contribution in [0.5, 0.6) is 0 Å². The molecule has 0 fully saturated rings. The van der Waals surface area contributed by atoms with E-state index in [4.69, 9.17) is 11.6 Å². The van der Waals surface area contributed by atoms with Crippen molar-refractivity contribution in [3.63, 3.8) is 0 Å². The Morgan fingerprint density at radius 2 is 1.95 bits per heavy atom. The van der Waals surface area contributed by atoms with E-state index in [1.807, 2.05) is 6.07 Å². The molecule has 0 aromatic heterocycles. The lowest BCUT2D eigenvalue weighted by molar-refractivity contribution is 0.177. The zero-order valence-electron chi connectivity index (χ0n) is 11.1. The lowest BCUT2D eigenvalue weighted by atomic mass is 9.98. The molecular formula is C17H16ClFO. The highest BCUT2D eigenvalue weighted by Gasteiger charge is 2.16. The van der Waals surface area contributed by atoms with Gasteiger partial charge in [-0.15, -0.1) is 0 Å². The van der Waals surface area contributed by atoms with Gasteiger partial charge < -0.3 is 5.11 Å². The quantitative estimate of drug-likeness (QED) is 0.896. The van der Waals surface area contributed by atoms with E-state index in [1.54, 1.807) is 12.1 Å². The van der Waals surface area contributed by atoms with Crippen LogP contribution in [0.1, 0.15) is 34.8 Å². The van der Waals surface area contributed by atoms with E-state index in [0.717, 1.165) is 18.4 Å². The highest BCUT2D eigenvalue weighted by molar-refractivity contribution is 6.30. The third kappa shape index (κ3) is 2.58. The summed E-state index contributed by atoms with van der Waals surface area (Å²) in [4.78, 5) is 0. The number of benzene rings is 2. The van der Waals surface area contributed by atoms with Gasteiger partial charge in [-0.3, -0.25) is 0 Å². The largest absolute Gasteiger partial charge is 0.388 e. The third-order valence-corrected chi connectivity index (χ3v) is 4.24. The molecule has 2 aromatic carbocycles. The number of fused-ring (bicyclic) bond motifs is 1. The molecule has 0 radical (unpaired) electrons. The maximum absolute atomic E-state index is 13.9. The Labute approximate surface area is 123 Å². The summed E-state index contributed by atoms with van der Waals surface area (Å²) in [6.45, 7) is 0. The van der Waals surface area contributed by atoms with Gasteiger partial charge >= 0.3 is 0 Å². The molecule has 3 rings (SSSR count). The van der Waals surface area contributed by atoms with Crippen molar-refractivity contribution < 1.29 is 9.50 Å². The Hall–Kier alpha value is -1.38. The minimum absolute atomic E-state index is 0.101. The van der Waals surface area contributed by atoms with Crippen LogP contribution in [0.25, 0.3) is 0 Å². The van der Waals surface area contributed by atoms with Crippen molar-refractivity contribution in [1.82, 2.24) is 0 Å². The van der Waals surface area contributed by atoms with Gasteiger partial charge in [-0.1, -0.05) is 41.9 Å². The van der Waals surface area contributed by atoms with Crippen LogP contribution in [-0.2, 0) is 19.3 Å². The second kappa shape index (κ2) is 5.55. The molecule has 104 valence electrons. The number of aliphatic hydroxyl groups is 1. The molecule has 2 aromatic rings. The van der Waals surface area contributed by atoms with Crippen molar-refractivity contribution >= 4 is 11.6 Å². The Kier molecular flexibility index (Phi) is 3.77. The topological polar surface area (TPSA) is 20.2 Å². The van der Waals surface area contributed by atoms with Gasteiger partial charge in [0.15, 0.2) is 0 Å². The van der Waals surface area contributed by atoms with Gasteiger partial charge in [-0.2, -0.15) is 0 Å². The Morgan fingerprint density at radius 3 is 2.80 bits per heavy atom. The normalized spacial score (nSPS) is 15.2. The summed E-state index contributed by atoms with van der Waals surface area (Å²) >= 11 is 5.76.